The molecule has 0 saturated carbocycles. The van der Waals surface area contributed by atoms with Crippen molar-refractivity contribution in [3.05, 3.63) is 24.3 Å². The topological polar surface area (TPSA) is 49.8 Å². The van der Waals surface area contributed by atoms with Gasteiger partial charge in [0.05, 0.1) is 0 Å². The molecule has 0 aliphatic carbocycles. The number of phenols is 1. The highest BCUT2D eigenvalue weighted by Crippen LogP contribution is 2.25. The molecule has 4 heteroatoms. The molecule has 86 valence electrons. The lowest BCUT2D eigenvalue weighted by Gasteiger charge is -2.25. The van der Waals surface area contributed by atoms with E-state index in [-0.39, 0.29) is 17.6 Å². The van der Waals surface area contributed by atoms with Crippen molar-refractivity contribution in [3.8, 4) is 11.5 Å². The van der Waals surface area contributed by atoms with Gasteiger partial charge in [0.15, 0.2) is 11.5 Å². The number of ether oxygens (including phenoxy) is 1. The average molecular weight is 221 g/mol. The number of rotatable bonds is 1. The summed E-state index contributed by atoms with van der Waals surface area (Å²) in [5.74, 6) is 0.214. The summed E-state index contributed by atoms with van der Waals surface area (Å²) in [6, 6.07) is 6.49. The number of para-hydroxylation sites is 2. The van der Waals surface area contributed by atoms with E-state index >= 15 is 0 Å². The van der Waals surface area contributed by atoms with Crippen molar-refractivity contribution < 1.29 is 14.6 Å². The van der Waals surface area contributed by atoms with Crippen molar-refractivity contribution in [2.75, 3.05) is 13.1 Å². The van der Waals surface area contributed by atoms with Crippen molar-refractivity contribution in [1.82, 2.24) is 4.90 Å². The number of carbonyl (C=O) groups excluding carboxylic acids is 1. The van der Waals surface area contributed by atoms with Gasteiger partial charge in [-0.05, 0) is 31.4 Å². The Labute approximate surface area is 94.4 Å². The summed E-state index contributed by atoms with van der Waals surface area (Å²) in [6.07, 6.45) is 2.84. The highest BCUT2D eigenvalue weighted by Gasteiger charge is 2.19. The SMILES string of the molecule is O=C(Oc1ccccc1O)N1CCCCC1. The zero-order valence-electron chi connectivity index (χ0n) is 9.06. The number of benzene rings is 1. The number of phenolic OH excluding ortho intramolecular Hbond substituents is 1. The van der Waals surface area contributed by atoms with Gasteiger partial charge in [-0.3, -0.25) is 0 Å². The Hall–Kier alpha value is -1.71. The van der Waals surface area contributed by atoms with Crippen LogP contribution in [0.2, 0.25) is 0 Å². The molecule has 1 amide bonds. The van der Waals surface area contributed by atoms with Crippen LogP contribution in [0.25, 0.3) is 0 Å². The smallest absolute Gasteiger partial charge is 0.415 e. The largest absolute Gasteiger partial charge is 0.504 e. The lowest BCUT2D eigenvalue weighted by atomic mass is 10.1. The Morgan fingerprint density at radius 2 is 1.88 bits per heavy atom. The molecule has 0 spiro atoms. The normalized spacial score (nSPS) is 15.9. The quantitative estimate of drug-likeness (QED) is 0.792. The first-order valence-electron chi connectivity index (χ1n) is 5.52. The van der Waals surface area contributed by atoms with Gasteiger partial charge in [0.1, 0.15) is 0 Å². The van der Waals surface area contributed by atoms with E-state index in [1.807, 2.05) is 0 Å². The summed E-state index contributed by atoms with van der Waals surface area (Å²) in [5.41, 5.74) is 0. The Balaban J connectivity index is 1.99. The second-order valence-electron chi connectivity index (χ2n) is 3.88. The van der Waals surface area contributed by atoms with Gasteiger partial charge in [0, 0.05) is 13.1 Å². The molecule has 1 aromatic rings. The summed E-state index contributed by atoms with van der Waals surface area (Å²) in [7, 11) is 0. The number of hydrogen-bond donors (Lipinski definition) is 1. The third-order valence-electron chi connectivity index (χ3n) is 2.68. The minimum atomic E-state index is -0.374. The standard InChI is InChI=1S/C12H15NO3/c14-10-6-2-3-7-11(10)16-12(15)13-8-4-1-5-9-13/h2-3,6-7,14H,1,4-5,8-9H2. The first-order valence-corrected chi connectivity index (χ1v) is 5.52. The fraction of sp³-hybridized carbons (Fsp3) is 0.417. The van der Waals surface area contributed by atoms with Crippen LogP contribution in [0.15, 0.2) is 24.3 Å². The molecule has 1 fully saturated rings. The summed E-state index contributed by atoms with van der Waals surface area (Å²) >= 11 is 0. The number of carbonyl (C=O) groups is 1. The Morgan fingerprint density at radius 3 is 2.56 bits per heavy atom. The fourth-order valence-electron chi connectivity index (χ4n) is 1.78. The highest BCUT2D eigenvalue weighted by atomic mass is 16.6. The predicted octanol–water partition coefficient (Wildman–Crippen LogP) is 2.38. The highest BCUT2D eigenvalue weighted by molar-refractivity contribution is 5.71. The first-order chi connectivity index (χ1) is 7.77. The van der Waals surface area contributed by atoms with Crippen LogP contribution in [-0.4, -0.2) is 29.2 Å². The number of likely N-dealkylation sites (tertiary alicyclic amines) is 1. The van der Waals surface area contributed by atoms with Gasteiger partial charge in [-0.15, -0.1) is 0 Å². The Bertz CT molecular complexity index is 372. The number of piperidine rings is 1. The molecule has 0 bridgehead atoms. The summed E-state index contributed by atoms with van der Waals surface area (Å²) in [6.45, 7) is 1.48. The van der Waals surface area contributed by atoms with Crippen molar-refractivity contribution in [2.24, 2.45) is 0 Å². The van der Waals surface area contributed by atoms with E-state index in [2.05, 4.69) is 0 Å². The molecule has 16 heavy (non-hydrogen) atoms. The van der Waals surface area contributed by atoms with Crippen LogP contribution >= 0.6 is 0 Å². The van der Waals surface area contributed by atoms with Gasteiger partial charge in [-0.2, -0.15) is 0 Å². The molecule has 2 rings (SSSR count). The van der Waals surface area contributed by atoms with Gasteiger partial charge < -0.3 is 14.7 Å². The monoisotopic (exact) mass is 221 g/mol. The molecule has 1 aliphatic heterocycles. The second-order valence-corrected chi connectivity index (χ2v) is 3.88. The molecule has 1 heterocycles. The van der Waals surface area contributed by atoms with E-state index in [0.717, 1.165) is 25.9 Å². The summed E-state index contributed by atoms with van der Waals surface area (Å²) in [5, 5.41) is 9.46. The van der Waals surface area contributed by atoms with Crippen molar-refractivity contribution in [3.63, 3.8) is 0 Å². The molecule has 1 aliphatic rings. The lowest BCUT2D eigenvalue weighted by molar-refractivity contribution is 0.141. The molecule has 0 unspecified atom stereocenters. The van der Waals surface area contributed by atoms with Crippen LogP contribution < -0.4 is 4.74 Å². The van der Waals surface area contributed by atoms with Crippen LogP contribution in [0, 0.1) is 0 Å². The van der Waals surface area contributed by atoms with Crippen LogP contribution in [0.4, 0.5) is 4.79 Å². The summed E-state index contributed by atoms with van der Waals surface area (Å²) < 4.78 is 5.12. The second kappa shape index (κ2) is 4.88. The maximum absolute atomic E-state index is 11.7. The van der Waals surface area contributed by atoms with Gasteiger partial charge in [0.25, 0.3) is 0 Å². The minimum absolute atomic E-state index is 0.00661. The van der Waals surface area contributed by atoms with Gasteiger partial charge in [-0.25, -0.2) is 4.79 Å². The molecule has 0 radical (unpaired) electrons. The molecular formula is C12H15NO3. The zero-order chi connectivity index (χ0) is 11.4. The molecule has 0 aromatic heterocycles. The molecule has 4 nitrogen and oxygen atoms in total. The van der Waals surface area contributed by atoms with E-state index in [0.29, 0.717) is 0 Å². The first kappa shape index (κ1) is 10.8. The van der Waals surface area contributed by atoms with Crippen molar-refractivity contribution in [2.45, 2.75) is 19.3 Å². The van der Waals surface area contributed by atoms with Gasteiger partial charge >= 0.3 is 6.09 Å². The number of nitrogens with zero attached hydrogens (tertiary/aromatic N) is 1. The molecular weight excluding hydrogens is 206 g/mol. The van der Waals surface area contributed by atoms with E-state index in [1.54, 1.807) is 23.1 Å². The van der Waals surface area contributed by atoms with Crippen molar-refractivity contribution >= 4 is 6.09 Å². The lowest BCUT2D eigenvalue weighted by Crippen LogP contribution is -2.37. The number of amides is 1. The van der Waals surface area contributed by atoms with Crippen LogP contribution in [0.1, 0.15) is 19.3 Å². The van der Waals surface area contributed by atoms with E-state index in [9.17, 15) is 9.90 Å². The van der Waals surface area contributed by atoms with Gasteiger partial charge in [0.2, 0.25) is 0 Å². The van der Waals surface area contributed by atoms with E-state index in [4.69, 9.17) is 4.74 Å². The van der Waals surface area contributed by atoms with E-state index in [1.165, 1.54) is 12.5 Å². The van der Waals surface area contributed by atoms with Crippen molar-refractivity contribution in [1.29, 1.82) is 0 Å². The van der Waals surface area contributed by atoms with Crippen LogP contribution in [-0.2, 0) is 0 Å². The predicted molar refractivity (Wildman–Crippen MR) is 59.6 cm³/mol. The van der Waals surface area contributed by atoms with Crippen LogP contribution in [0.3, 0.4) is 0 Å². The van der Waals surface area contributed by atoms with Crippen LogP contribution in [0.5, 0.6) is 11.5 Å². The summed E-state index contributed by atoms with van der Waals surface area (Å²) in [4.78, 5) is 13.4. The maximum atomic E-state index is 11.7. The third kappa shape index (κ3) is 2.45. The number of aromatic hydroxyl groups is 1. The number of hydrogen-bond acceptors (Lipinski definition) is 3. The Kier molecular flexibility index (Phi) is 3.29. The average Bonchev–Trinajstić information content (AvgIpc) is 2.33. The zero-order valence-corrected chi connectivity index (χ0v) is 9.06. The van der Waals surface area contributed by atoms with E-state index < -0.39 is 0 Å². The minimum Gasteiger partial charge on any atom is -0.504 e. The van der Waals surface area contributed by atoms with Gasteiger partial charge in [-0.1, -0.05) is 12.1 Å². The molecule has 1 aromatic carbocycles. The third-order valence-corrected chi connectivity index (χ3v) is 2.68. The fourth-order valence-corrected chi connectivity index (χ4v) is 1.78. The Morgan fingerprint density at radius 1 is 1.19 bits per heavy atom. The molecule has 0 atom stereocenters. The maximum Gasteiger partial charge on any atom is 0.415 e. The molecule has 1 saturated heterocycles. The molecule has 1 N–H and O–H groups in total.